The predicted molar refractivity (Wildman–Crippen MR) is 82.5 cm³/mol. The molecule has 3 heteroatoms. The monoisotopic (exact) mass is 289 g/mol. The average molecular weight is 289 g/mol. The quantitative estimate of drug-likeness (QED) is 0.868. The van der Waals surface area contributed by atoms with E-state index < -0.39 is 0 Å². The molecule has 0 spiro atoms. The zero-order valence-electron chi connectivity index (χ0n) is 12.9. The van der Waals surface area contributed by atoms with E-state index in [1.807, 2.05) is 32.0 Å². The average Bonchev–Trinajstić information content (AvgIpc) is 2.40. The van der Waals surface area contributed by atoms with Crippen LogP contribution in [0.15, 0.2) is 30.3 Å². The maximum Gasteiger partial charge on any atom is 0.129 e. The first-order valence-electron chi connectivity index (χ1n) is 7.19. The normalized spacial score (nSPS) is 12.5. The second-order valence-electron chi connectivity index (χ2n) is 5.52. The molecule has 2 aromatic rings. The van der Waals surface area contributed by atoms with Crippen LogP contribution in [0.5, 0.6) is 0 Å². The molecule has 0 bridgehead atoms. The molecule has 0 saturated heterocycles. The van der Waals surface area contributed by atoms with Gasteiger partial charge in [-0.1, -0.05) is 25.1 Å². The minimum atomic E-state index is -0.247. The van der Waals surface area contributed by atoms with Crippen molar-refractivity contribution in [1.82, 2.24) is 5.32 Å². The molecule has 2 aromatic carbocycles. The van der Waals surface area contributed by atoms with E-state index in [0.29, 0.717) is 11.1 Å². The molecular weight excluding hydrogens is 268 g/mol. The van der Waals surface area contributed by atoms with Crippen LogP contribution in [0.25, 0.3) is 0 Å². The largest absolute Gasteiger partial charge is 0.307 e. The van der Waals surface area contributed by atoms with Gasteiger partial charge in [0.2, 0.25) is 0 Å². The van der Waals surface area contributed by atoms with Gasteiger partial charge in [-0.25, -0.2) is 8.78 Å². The summed E-state index contributed by atoms with van der Waals surface area (Å²) in [4.78, 5) is 0. The minimum absolute atomic E-state index is 0.137. The Balaban J connectivity index is 2.53. The lowest BCUT2D eigenvalue weighted by Crippen LogP contribution is -2.22. The highest BCUT2D eigenvalue weighted by molar-refractivity contribution is 5.39. The molecule has 1 unspecified atom stereocenters. The van der Waals surface area contributed by atoms with Crippen molar-refractivity contribution in [2.45, 2.75) is 33.7 Å². The van der Waals surface area contributed by atoms with Gasteiger partial charge in [0, 0.05) is 0 Å². The molecule has 0 heterocycles. The lowest BCUT2D eigenvalue weighted by atomic mass is 9.94. The predicted octanol–water partition coefficient (Wildman–Crippen LogP) is 4.59. The van der Waals surface area contributed by atoms with Crippen LogP contribution in [0, 0.1) is 32.4 Å². The second-order valence-corrected chi connectivity index (χ2v) is 5.52. The first-order valence-corrected chi connectivity index (χ1v) is 7.19. The van der Waals surface area contributed by atoms with Gasteiger partial charge in [-0.3, -0.25) is 0 Å². The van der Waals surface area contributed by atoms with Crippen LogP contribution < -0.4 is 5.32 Å². The molecule has 1 nitrogen and oxygen atoms in total. The summed E-state index contributed by atoms with van der Waals surface area (Å²) in [5, 5.41) is 3.35. The van der Waals surface area contributed by atoms with Crippen molar-refractivity contribution in [3.63, 3.8) is 0 Å². The van der Waals surface area contributed by atoms with Crippen molar-refractivity contribution in [3.05, 3.63) is 69.8 Å². The zero-order chi connectivity index (χ0) is 15.6. The number of aryl methyl sites for hydroxylation is 3. The zero-order valence-corrected chi connectivity index (χ0v) is 12.9. The fourth-order valence-corrected chi connectivity index (χ4v) is 2.71. The van der Waals surface area contributed by atoms with Crippen LogP contribution in [0.4, 0.5) is 8.78 Å². The van der Waals surface area contributed by atoms with Crippen molar-refractivity contribution in [2.24, 2.45) is 0 Å². The lowest BCUT2D eigenvalue weighted by molar-refractivity contribution is 0.591. The van der Waals surface area contributed by atoms with Gasteiger partial charge in [-0.15, -0.1) is 0 Å². The van der Waals surface area contributed by atoms with Crippen LogP contribution >= 0.6 is 0 Å². The van der Waals surface area contributed by atoms with Crippen LogP contribution in [0.2, 0.25) is 0 Å². The fraction of sp³-hybridized carbons (Fsp3) is 0.333. The van der Waals surface area contributed by atoms with E-state index in [-0.39, 0.29) is 17.7 Å². The van der Waals surface area contributed by atoms with Crippen LogP contribution in [0.3, 0.4) is 0 Å². The Hall–Kier alpha value is -1.74. The summed E-state index contributed by atoms with van der Waals surface area (Å²) in [6.45, 7) is 8.13. The maximum atomic E-state index is 13.8. The van der Waals surface area contributed by atoms with Gasteiger partial charge in [0.05, 0.1) is 6.04 Å². The standard InChI is InChI=1S/C18H21F2N/c1-5-21-18(14-6-11(2)7-16(19)10-14)15-8-12(3)17(20)13(4)9-15/h6-10,18,21H,5H2,1-4H3. The Labute approximate surface area is 125 Å². The SMILES string of the molecule is CCNC(c1cc(C)cc(F)c1)c1cc(C)c(F)c(C)c1. The third-order valence-electron chi connectivity index (χ3n) is 3.60. The summed E-state index contributed by atoms with van der Waals surface area (Å²) in [7, 11) is 0. The molecule has 0 fully saturated rings. The topological polar surface area (TPSA) is 12.0 Å². The van der Waals surface area contributed by atoms with E-state index in [9.17, 15) is 8.78 Å². The highest BCUT2D eigenvalue weighted by atomic mass is 19.1. The number of hydrogen-bond acceptors (Lipinski definition) is 1. The van der Waals surface area contributed by atoms with E-state index in [1.165, 1.54) is 12.1 Å². The first kappa shape index (κ1) is 15.6. The van der Waals surface area contributed by atoms with Gasteiger partial charge in [0.15, 0.2) is 0 Å². The fourth-order valence-electron chi connectivity index (χ4n) is 2.71. The first-order chi connectivity index (χ1) is 9.92. The highest BCUT2D eigenvalue weighted by Crippen LogP contribution is 2.27. The summed E-state index contributed by atoms with van der Waals surface area (Å²) in [6, 6.07) is 8.53. The molecule has 0 radical (unpaired) electrons. The Kier molecular flexibility index (Phi) is 4.73. The number of halogens is 2. The number of rotatable bonds is 4. The molecule has 1 N–H and O–H groups in total. The van der Waals surface area contributed by atoms with Crippen molar-refractivity contribution in [3.8, 4) is 0 Å². The van der Waals surface area contributed by atoms with Crippen molar-refractivity contribution in [1.29, 1.82) is 0 Å². The Morgan fingerprint density at radius 1 is 0.905 bits per heavy atom. The summed E-state index contributed by atoms with van der Waals surface area (Å²) in [6.07, 6.45) is 0. The van der Waals surface area contributed by atoms with Crippen molar-refractivity contribution < 1.29 is 8.78 Å². The lowest BCUT2D eigenvalue weighted by Gasteiger charge is -2.21. The summed E-state index contributed by atoms with van der Waals surface area (Å²) >= 11 is 0. The molecule has 2 rings (SSSR count). The maximum absolute atomic E-state index is 13.8. The third kappa shape index (κ3) is 3.48. The summed E-state index contributed by atoms with van der Waals surface area (Å²) in [5.41, 5.74) is 3.92. The molecule has 0 aliphatic carbocycles. The van der Waals surface area contributed by atoms with Crippen LogP contribution in [0.1, 0.15) is 40.8 Å². The van der Waals surface area contributed by atoms with Gasteiger partial charge in [0.25, 0.3) is 0 Å². The Bertz CT molecular complexity index is 606. The Morgan fingerprint density at radius 2 is 1.48 bits per heavy atom. The number of hydrogen-bond donors (Lipinski definition) is 1. The summed E-state index contributed by atoms with van der Waals surface area (Å²) in [5.74, 6) is -0.423. The van der Waals surface area contributed by atoms with E-state index in [4.69, 9.17) is 0 Å². The van der Waals surface area contributed by atoms with E-state index in [0.717, 1.165) is 23.2 Å². The van der Waals surface area contributed by atoms with Crippen molar-refractivity contribution >= 4 is 0 Å². The molecular formula is C18H21F2N. The second kappa shape index (κ2) is 6.35. The molecule has 112 valence electrons. The molecule has 0 aliphatic heterocycles. The Morgan fingerprint density at radius 3 is 2.00 bits per heavy atom. The van der Waals surface area contributed by atoms with Gasteiger partial charge >= 0.3 is 0 Å². The van der Waals surface area contributed by atoms with Gasteiger partial charge in [-0.2, -0.15) is 0 Å². The molecule has 0 aromatic heterocycles. The van der Waals surface area contributed by atoms with E-state index in [2.05, 4.69) is 5.32 Å². The third-order valence-corrected chi connectivity index (χ3v) is 3.60. The van der Waals surface area contributed by atoms with Crippen molar-refractivity contribution in [2.75, 3.05) is 6.54 Å². The number of nitrogens with one attached hydrogen (secondary N) is 1. The summed E-state index contributed by atoms with van der Waals surface area (Å²) < 4.78 is 27.5. The molecule has 0 amide bonds. The number of benzene rings is 2. The van der Waals surface area contributed by atoms with Gasteiger partial charge < -0.3 is 5.32 Å². The van der Waals surface area contributed by atoms with E-state index >= 15 is 0 Å². The van der Waals surface area contributed by atoms with E-state index in [1.54, 1.807) is 13.8 Å². The smallest absolute Gasteiger partial charge is 0.129 e. The van der Waals surface area contributed by atoms with Crippen LogP contribution in [-0.2, 0) is 0 Å². The van der Waals surface area contributed by atoms with Gasteiger partial charge in [-0.05, 0) is 67.3 Å². The molecule has 1 atom stereocenters. The molecule has 0 aliphatic rings. The highest BCUT2D eigenvalue weighted by Gasteiger charge is 2.16. The minimum Gasteiger partial charge on any atom is -0.307 e. The molecule has 0 saturated carbocycles. The van der Waals surface area contributed by atoms with Crippen LogP contribution in [-0.4, -0.2) is 6.54 Å². The molecule has 21 heavy (non-hydrogen) atoms. The van der Waals surface area contributed by atoms with Gasteiger partial charge in [0.1, 0.15) is 11.6 Å².